The first-order chi connectivity index (χ1) is 38.0. The van der Waals surface area contributed by atoms with Gasteiger partial charge in [0, 0.05) is 0 Å². The summed E-state index contributed by atoms with van der Waals surface area (Å²) in [5, 5.41) is 0. The molecule has 0 heterocycles. The van der Waals surface area contributed by atoms with Crippen molar-refractivity contribution in [2.75, 3.05) is 0 Å². The van der Waals surface area contributed by atoms with E-state index in [0.717, 1.165) is 118 Å². The van der Waals surface area contributed by atoms with Crippen molar-refractivity contribution >= 4 is 0 Å². The number of allylic oxidation sites excluding steroid dienone is 1. The summed E-state index contributed by atoms with van der Waals surface area (Å²) in [6.07, 6.45) is 50.7. The van der Waals surface area contributed by atoms with Gasteiger partial charge in [-0.05, 0) is 236 Å². The third-order valence-corrected chi connectivity index (χ3v) is 28.4. The fourth-order valence-electron chi connectivity index (χ4n) is 21.4. The van der Waals surface area contributed by atoms with E-state index in [4.69, 9.17) is 0 Å². The molecule has 0 aromatic rings. The third kappa shape index (κ3) is 17.9. The average Bonchev–Trinajstić information content (AvgIpc) is 4.28. The second-order valence-electron chi connectivity index (χ2n) is 33.9. The van der Waals surface area contributed by atoms with Crippen molar-refractivity contribution in [1.82, 2.24) is 0 Å². The Morgan fingerprint density at radius 1 is 0.600 bits per heavy atom. The molecule has 0 spiro atoms. The highest BCUT2D eigenvalue weighted by atomic mass is 14.6. The topological polar surface area (TPSA) is 0 Å². The van der Waals surface area contributed by atoms with Crippen molar-refractivity contribution in [2.24, 2.45) is 146 Å². The lowest BCUT2D eigenvalue weighted by atomic mass is 9.43. The molecule has 0 N–H and O–H groups in total. The molecule has 6 rings (SSSR count). The van der Waals surface area contributed by atoms with E-state index in [9.17, 15) is 0 Å². The van der Waals surface area contributed by atoms with Crippen LogP contribution in [0.5, 0.6) is 0 Å². The average molecular weight is 1110 g/mol. The highest BCUT2D eigenvalue weighted by Crippen LogP contribution is 2.69. The lowest BCUT2D eigenvalue weighted by Gasteiger charge is -2.62. The van der Waals surface area contributed by atoms with Gasteiger partial charge in [-0.1, -0.05) is 267 Å². The third-order valence-electron chi connectivity index (χ3n) is 28.4. The highest BCUT2D eigenvalue weighted by molar-refractivity contribution is 5.10. The van der Waals surface area contributed by atoms with Crippen molar-refractivity contribution in [3.05, 3.63) is 12.7 Å². The monoisotopic (exact) mass is 1110 g/mol. The zero-order chi connectivity index (χ0) is 59.2. The van der Waals surface area contributed by atoms with E-state index in [1.807, 2.05) is 0 Å². The van der Waals surface area contributed by atoms with Crippen LogP contribution in [0.2, 0.25) is 0 Å². The normalized spacial score (nSPS) is 35.7. The lowest BCUT2D eigenvalue weighted by molar-refractivity contribution is -0.125. The lowest BCUT2D eigenvalue weighted by Crippen LogP contribution is -2.54. The molecule has 0 saturated heterocycles. The first-order valence-corrected chi connectivity index (χ1v) is 37.6. The van der Waals surface area contributed by atoms with Gasteiger partial charge in [-0.25, -0.2) is 0 Å². The largest absolute Gasteiger partial charge is 0.103 e. The minimum Gasteiger partial charge on any atom is -0.103 e. The van der Waals surface area contributed by atoms with Crippen LogP contribution in [0.3, 0.4) is 0 Å². The molecule has 6 fully saturated rings. The molecule has 22 unspecified atom stereocenters. The summed E-state index contributed by atoms with van der Waals surface area (Å²) in [5.41, 5.74) is 1.73. The molecule has 470 valence electrons. The number of hydrogen-bond donors (Lipinski definition) is 0. The van der Waals surface area contributed by atoms with Gasteiger partial charge in [-0.2, -0.15) is 0 Å². The molecule has 2 bridgehead atoms. The van der Waals surface area contributed by atoms with E-state index in [2.05, 4.69) is 151 Å². The van der Waals surface area contributed by atoms with Gasteiger partial charge in [0.25, 0.3) is 0 Å². The quantitative estimate of drug-likeness (QED) is 0.0445. The maximum absolute atomic E-state index is 4.33. The Hall–Kier alpha value is -0.260. The van der Waals surface area contributed by atoms with Crippen LogP contribution >= 0.6 is 0 Å². The van der Waals surface area contributed by atoms with Crippen LogP contribution in [0.25, 0.3) is 0 Å². The summed E-state index contributed by atoms with van der Waals surface area (Å²) in [7, 11) is 0. The van der Waals surface area contributed by atoms with Gasteiger partial charge >= 0.3 is 0 Å². The smallest absolute Gasteiger partial charge is 0.0236 e. The molecule has 0 amide bonds. The Bertz CT molecular complexity index is 1700. The van der Waals surface area contributed by atoms with Crippen LogP contribution in [0, 0.1) is 146 Å². The summed E-state index contributed by atoms with van der Waals surface area (Å²) < 4.78 is 0. The molecule has 80 heavy (non-hydrogen) atoms. The highest BCUT2D eigenvalue weighted by Gasteiger charge is 2.60. The number of unbranched alkanes of at least 4 members (excludes halogenated alkanes) is 2. The molecule has 0 heteroatoms. The minimum atomic E-state index is 0.356. The van der Waals surface area contributed by atoms with Gasteiger partial charge in [0.05, 0.1) is 0 Å². The summed E-state index contributed by atoms with van der Waals surface area (Å²) in [4.78, 5) is 0. The molecule has 0 aromatic heterocycles. The summed E-state index contributed by atoms with van der Waals surface area (Å²) in [6, 6.07) is 0. The standard InChI is InChI=1S/C80H150/c1-22-36-57(11)38-34-44-70(68(28-7)56(9)10)63(26-5)40-31-30-32-43-71-72-45-35-42-66(54-79(21)55-67(79)52-64(27-6)59(13)25-4)80(49-24-3,76-47-46-75(76)78(19,20)62(16)61(15)77(17,18)29-8)50-48-60(14)73-53-65(69(73)37-23-2)41-33-39-58(12)51-74(71)72/h25,56-76H,4,22-24,26-55H2,1-3,5-21H3. The molecule has 0 nitrogen and oxygen atoms in total. The molecule has 0 aromatic carbocycles. The van der Waals surface area contributed by atoms with Crippen molar-refractivity contribution in [3.8, 4) is 0 Å². The molecule has 22 atom stereocenters. The maximum atomic E-state index is 4.33. The summed E-state index contributed by atoms with van der Waals surface area (Å²) in [5.74, 6) is 18.7. The van der Waals surface area contributed by atoms with Crippen molar-refractivity contribution < 1.29 is 0 Å². The fourth-order valence-corrected chi connectivity index (χ4v) is 21.4. The van der Waals surface area contributed by atoms with Crippen molar-refractivity contribution in [1.29, 1.82) is 0 Å². The predicted molar refractivity (Wildman–Crippen MR) is 359 cm³/mol. The zero-order valence-electron chi connectivity index (χ0n) is 58.7. The van der Waals surface area contributed by atoms with E-state index in [1.54, 1.807) is 12.8 Å². The molecule has 0 aliphatic heterocycles. The molecule has 6 aliphatic carbocycles. The first kappa shape index (κ1) is 70.5. The van der Waals surface area contributed by atoms with Crippen LogP contribution in [-0.2, 0) is 0 Å². The van der Waals surface area contributed by atoms with Crippen molar-refractivity contribution in [2.45, 2.75) is 350 Å². The Balaban J connectivity index is 1.44. The van der Waals surface area contributed by atoms with E-state index < -0.39 is 0 Å². The fraction of sp³-hybridized carbons (Fsp3) is 0.975. The Morgan fingerprint density at radius 3 is 1.91 bits per heavy atom. The van der Waals surface area contributed by atoms with Gasteiger partial charge in [0.2, 0.25) is 0 Å². The predicted octanol–water partition coefficient (Wildman–Crippen LogP) is 26.4. The minimum absolute atomic E-state index is 0.356. The number of rotatable bonds is 34. The van der Waals surface area contributed by atoms with Crippen molar-refractivity contribution in [3.63, 3.8) is 0 Å². The Morgan fingerprint density at radius 2 is 1.31 bits per heavy atom. The summed E-state index contributed by atoms with van der Waals surface area (Å²) >= 11 is 0. The van der Waals surface area contributed by atoms with E-state index in [-0.39, 0.29) is 0 Å². The van der Waals surface area contributed by atoms with Gasteiger partial charge in [0.15, 0.2) is 0 Å². The number of fused-ring (bicyclic) bond motifs is 11. The van der Waals surface area contributed by atoms with E-state index >= 15 is 0 Å². The van der Waals surface area contributed by atoms with Crippen LogP contribution < -0.4 is 0 Å². The SMILES string of the molecule is C=CC(C)C(CC)CC1CC1(C)CC1CCCC2C(CCCCCC(CC)C(CCCC(C)CCC)C(CC)C(C)C)C2CC(C)CCCC2CC(C(C)CCC1(CCC)C1CCC1C(C)(C)C(C)C(C)C(C)(C)CC)C2CCC. The second kappa shape index (κ2) is 32.6. The Kier molecular flexibility index (Phi) is 28.8. The zero-order valence-corrected chi connectivity index (χ0v) is 58.7. The molecule has 0 radical (unpaired) electrons. The first-order valence-electron chi connectivity index (χ1n) is 37.6. The molecule has 6 saturated carbocycles. The Labute approximate surface area is 506 Å². The van der Waals surface area contributed by atoms with Crippen LogP contribution in [-0.4, -0.2) is 0 Å². The summed E-state index contributed by atoms with van der Waals surface area (Å²) in [6.45, 7) is 56.4. The maximum Gasteiger partial charge on any atom is -0.0236 e. The van der Waals surface area contributed by atoms with Crippen LogP contribution in [0.4, 0.5) is 0 Å². The van der Waals surface area contributed by atoms with Gasteiger partial charge in [0.1, 0.15) is 0 Å². The van der Waals surface area contributed by atoms with E-state index in [1.165, 1.54) is 199 Å². The van der Waals surface area contributed by atoms with Crippen LogP contribution in [0.1, 0.15) is 350 Å². The van der Waals surface area contributed by atoms with E-state index in [0.29, 0.717) is 27.6 Å². The molecular weight excluding hydrogens is 961 g/mol. The van der Waals surface area contributed by atoms with Gasteiger partial charge in [-0.3, -0.25) is 0 Å². The molecular formula is C80H150. The van der Waals surface area contributed by atoms with Gasteiger partial charge < -0.3 is 0 Å². The van der Waals surface area contributed by atoms with Crippen LogP contribution in [0.15, 0.2) is 12.7 Å². The number of hydrogen-bond acceptors (Lipinski definition) is 0. The second-order valence-corrected chi connectivity index (χ2v) is 33.9. The molecule has 6 aliphatic rings. The van der Waals surface area contributed by atoms with Gasteiger partial charge in [-0.15, -0.1) is 6.58 Å².